The van der Waals surface area contributed by atoms with E-state index in [-0.39, 0.29) is 11.9 Å². The third kappa shape index (κ3) is 2.97. The second-order valence-corrected chi connectivity index (χ2v) is 5.55. The number of aryl methyl sites for hydroxylation is 1. The maximum Gasteiger partial charge on any atom is 0.243 e. The van der Waals surface area contributed by atoms with E-state index >= 15 is 0 Å². The lowest BCUT2D eigenvalue weighted by Gasteiger charge is -2.21. The number of nitrogens with zero attached hydrogens (tertiary/aromatic N) is 1. The Morgan fingerprint density at radius 1 is 1.27 bits per heavy atom. The van der Waals surface area contributed by atoms with Gasteiger partial charge in [0.25, 0.3) is 0 Å². The van der Waals surface area contributed by atoms with Crippen LogP contribution in [0.15, 0.2) is 48.5 Å². The minimum atomic E-state index is -0.331. The Morgan fingerprint density at radius 3 is 2.77 bits per heavy atom. The average molecular weight is 297 g/mol. The summed E-state index contributed by atoms with van der Waals surface area (Å²) in [5.74, 6) is 0.484. The number of hydrogen-bond acceptors (Lipinski definition) is 3. The number of fused-ring (bicyclic) bond motifs is 1. The van der Waals surface area contributed by atoms with Gasteiger partial charge in [0.05, 0.1) is 6.04 Å². The second kappa shape index (κ2) is 6.20. The first kappa shape index (κ1) is 14.6. The van der Waals surface area contributed by atoms with Crippen molar-refractivity contribution in [2.75, 3.05) is 0 Å². The third-order valence-corrected chi connectivity index (χ3v) is 4.03. The topological polar surface area (TPSA) is 49.8 Å². The number of ether oxygens (including phenoxy) is 1. The molecule has 0 radical (unpaired) electrons. The molecule has 2 aromatic carbocycles. The molecule has 1 amide bonds. The summed E-state index contributed by atoms with van der Waals surface area (Å²) in [6.45, 7) is 1.90. The molecule has 4 nitrogen and oxygen atoms in total. The molecule has 114 valence electrons. The number of hydroxylamine groups is 2. The fourth-order valence-corrected chi connectivity index (χ4v) is 2.88. The van der Waals surface area contributed by atoms with E-state index in [2.05, 4.69) is 0 Å². The molecule has 4 heteroatoms. The Morgan fingerprint density at radius 2 is 2.05 bits per heavy atom. The number of carbonyl (C=O) groups excluding carboxylic acids is 1. The Bertz CT molecular complexity index is 669. The highest BCUT2D eigenvalue weighted by Gasteiger charge is 2.29. The first-order chi connectivity index (χ1) is 10.6. The Labute approximate surface area is 129 Å². The molecule has 0 fully saturated rings. The normalized spacial score (nSPS) is 16.2. The lowest BCUT2D eigenvalue weighted by molar-refractivity contribution is -0.173. The molecule has 0 aromatic heterocycles. The van der Waals surface area contributed by atoms with Crippen LogP contribution in [-0.4, -0.2) is 16.2 Å². The van der Waals surface area contributed by atoms with E-state index in [0.717, 1.165) is 40.3 Å². The van der Waals surface area contributed by atoms with Gasteiger partial charge in [-0.1, -0.05) is 36.4 Å². The van der Waals surface area contributed by atoms with Crippen molar-refractivity contribution in [3.05, 3.63) is 65.2 Å². The van der Waals surface area contributed by atoms with Crippen LogP contribution >= 0.6 is 0 Å². The maximum atomic E-state index is 11.3. The summed E-state index contributed by atoms with van der Waals surface area (Å²) < 4.78 is 5.82. The molecule has 1 atom stereocenters. The van der Waals surface area contributed by atoms with E-state index < -0.39 is 0 Å². The average Bonchev–Trinajstić information content (AvgIpc) is 2.96. The molecule has 0 saturated carbocycles. The third-order valence-electron chi connectivity index (χ3n) is 4.03. The van der Waals surface area contributed by atoms with E-state index in [1.54, 1.807) is 0 Å². The van der Waals surface area contributed by atoms with Crippen molar-refractivity contribution in [1.29, 1.82) is 0 Å². The number of amides is 1. The molecule has 0 heterocycles. The second-order valence-electron chi connectivity index (χ2n) is 5.55. The van der Waals surface area contributed by atoms with Gasteiger partial charge in [0, 0.05) is 6.92 Å². The van der Waals surface area contributed by atoms with Crippen LogP contribution in [0.3, 0.4) is 0 Å². The van der Waals surface area contributed by atoms with Gasteiger partial charge in [0.1, 0.15) is 12.4 Å². The zero-order chi connectivity index (χ0) is 15.5. The van der Waals surface area contributed by atoms with Gasteiger partial charge in [-0.25, -0.2) is 5.06 Å². The summed E-state index contributed by atoms with van der Waals surface area (Å²) >= 11 is 0. The number of carbonyl (C=O) groups is 1. The minimum Gasteiger partial charge on any atom is -0.489 e. The van der Waals surface area contributed by atoms with Gasteiger partial charge in [-0.05, 0) is 41.7 Å². The Kier molecular flexibility index (Phi) is 4.11. The first-order valence-corrected chi connectivity index (χ1v) is 7.43. The fourth-order valence-electron chi connectivity index (χ4n) is 2.88. The molecule has 1 aliphatic rings. The van der Waals surface area contributed by atoms with Crippen molar-refractivity contribution in [2.24, 2.45) is 0 Å². The molecule has 1 N–H and O–H groups in total. The van der Waals surface area contributed by atoms with Crippen LogP contribution in [0, 0.1) is 0 Å². The fraction of sp³-hybridized carbons (Fsp3) is 0.278. The number of benzene rings is 2. The van der Waals surface area contributed by atoms with E-state index in [9.17, 15) is 10.0 Å². The summed E-state index contributed by atoms with van der Waals surface area (Å²) in [6.07, 6.45) is 1.58. The van der Waals surface area contributed by atoms with Gasteiger partial charge in [-0.3, -0.25) is 10.0 Å². The van der Waals surface area contributed by atoms with Gasteiger partial charge in [0.2, 0.25) is 5.91 Å². The lowest BCUT2D eigenvalue weighted by Crippen LogP contribution is -2.28. The summed E-state index contributed by atoms with van der Waals surface area (Å²) in [6, 6.07) is 15.6. The van der Waals surface area contributed by atoms with Gasteiger partial charge in [0.15, 0.2) is 0 Å². The summed E-state index contributed by atoms with van der Waals surface area (Å²) in [7, 11) is 0. The van der Waals surface area contributed by atoms with Gasteiger partial charge in [-0.15, -0.1) is 0 Å². The predicted octanol–water partition coefficient (Wildman–Crippen LogP) is 3.49. The van der Waals surface area contributed by atoms with Crippen LogP contribution in [0.4, 0.5) is 0 Å². The first-order valence-electron chi connectivity index (χ1n) is 7.43. The standard InChI is InChI=1S/C18H19NO3/c1-13(20)19(21)18-10-7-15-11-16(8-9-17(15)18)22-12-14-5-3-2-4-6-14/h2-6,8-9,11,18,21H,7,10,12H2,1H3. The molecule has 1 aliphatic carbocycles. The van der Waals surface area contributed by atoms with Crippen molar-refractivity contribution in [2.45, 2.75) is 32.4 Å². The Hall–Kier alpha value is -2.33. The molecule has 0 saturated heterocycles. The van der Waals surface area contributed by atoms with Gasteiger partial charge < -0.3 is 4.74 Å². The van der Waals surface area contributed by atoms with Crippen LogP contribution in [0.5, 0.6) is 5.75 Å². The van der Waals surface area contributed by atoms with Gasteiger partial charge >= 0.3 is 0 Å². The largest absolute Gasteiger partial charge is 0.489 e. The van der Waals surface area contributed by atoms with Crippen molar-refractivity contribution in [3.63, 3.8) is 0 Å². The number of hydrogen-bond donors (Lipinski definition) is 1. The van der Waals surface area contributed by atoms with Crippen LogP contribution in [0.1, 0.15) is 36.1 Å². The van der Waals surface area contributed by atoms with Crippen molar-refractivity contribution in [3.8, 4) is 5.75 Å². The van der Waals surface area contributed by atoms with Crippen LogP contribution in [-0.2, 0) is 17.8 Å². The highest BCUT2D eigenvalue weighted by Crippen LogP contribution is 2.36. The van der Waals surface area contributed by atoms with Crippen LogP contribution in [0.2, 0.25) is 0 Å². The van der Waals surface area contributed by atoms with Crippen LogP contribution < -0.4 is 4.74 Å². The number of rotatable bonds is 4. The zero-order valence-electron chi connectivity index (χ0n) is 12.5. The highest BCUT2D eigenvalue weighted by atomic mass is 16.5. The molecule has 0 bridgehead atoms. The van der Waals surface area contributed by atoms with Crippen molar-refractivity contribution >= 4 is 5.91 Å². The molecule has 2 aromatic rings. The Balaban J connectivity index is 1.71. The van der Waals surface area contributed by atoms with Crippen LogP contribution in [0.25, 0.3) is 0 Å². The molecule has 1 unspecified atom stereocenters. The quantitative estimate of drug-likeness (QED) is 0.694. The lowest BCUT2D eigenvalue weighted by atomic mass is 10.1. The maximum absolute atomic E-state index is 11.3. The molecule has 0 spiro atoms. The van der Waals surface area contributed by atoms with E-state index in [4.69, 9.17) is 4.74 Å². The molecular formula is C18H19NO3. The smallest absolute Gasteiger partial charge is 0.243 e. The predicted molar refractivity (Wildman–Crippen MR) is 82.6 cm³/mol. The molecular weight excluding hydrogens is 278 g/mol. The van der Waals surface area contributed by atoms with Gasteiger partial charge in [-0.2, -0.15) is 0 Å². The molecule has 3 rings (SSSR count). The van der Waals surface area contributed by atoms with E-state index in [1.807, 2.05) is 48.5 Å². The molecule has 22 heavy (non-hydrogen) atoms. The highest BCUT2D eigenvalue weighted by molar-refractivity contribution is 5.72. The summed E-state index contributed by atoms with van der Waals surface area (Å²) in [5, 5.41) is 10.7. The van der Waals surface area contributed by atoms with E-state index in [1.165, 1.54) is 6.92 Å². The minimum absolute atomic E-state index is 0.240. The monoisotopic (exact) mass is 297 g/mol. The van der Waals surface area contributed by atoms with Crippen molar-refractivity contribution < 1.29 is 14.7 Å². The SMILES string of the molecule is CC(=O)N(O)C1CCc2cc(OCc3ccccc3)ccc21. The summed E-state index contributed by atoms with van der Waals surface area (Å²) in [4.78, 5) is 11.3. The summed E-state index contributed by atoms with van der Waals surface area (Å²) in [5.41, 5.74) is 3.26. The van der Waals surface area contributed by atoms with Crippen molar-refractivity contribution in [1.82, 2.24) is 5.06 Å². The zero-order valence-corrected chi connectivity index (χ0v) is 12.5. The molecule has 0 aliphatic heterocycles. The van der Waals surface area contributed by atoms with E-state index in [0.29, 0.717) is 6.61 Å².